The van der Waals surface area contributed by atoms with Crippen LogP contribution in [0.5, 0.6) is 0 Å². The van der Waals surface area contributed by atoms with E-state index < -0.39 is 0 Å². The Morgan fingerprint density at radius 2 is 1.84 bits per heavy atom. The third-order valence-corrected chi connectivity index (χ3v) is 4.53. The van der Waals surface area contributed by atoms with Gasteiger partial charge < -0.3 is 5.32 Å². The second-order valence-corrected chi connectivity index (χ2v) is 7.60. The molecule has 1 amide bonds. The van der Waals surface area contributed by atoms with Crippen LogP contribution in [-0.2, 0) is 0 Å². The summed E-state index contributed by atoms with van der Waals surface area (Å²) in [4.78, 5) is 17.5. The van der Waals surface area contributed by atoms with E-state index >= 15 is 0 Å². The highest BCUT2D eigenvalue weighted by molar-refractivity contribution is 9.10. The minimum Gasteiger partial charge on any atom is -0.352 e. The molecule has 3 rings (SSSR count). The number of halogens is 1. The summed E-state index contributed by atoms with van der Waals surface area (Å²) in [5.74, 6) is 0.341. The average Bonchev–Trinajstić information content (AvgIpc) is 2.59. The fraction of sp³-hybridized carbons (Fsp3) is 0.238. The van der Waals surface area contributed by atoms with Gasteiger partial charge in [-0.2, -0.15) is 0 Å². The molecular weight excluding hydrogens is 376 g/mol. The van der Waals surface area contributed by atoms with Crippen molar-refractivity contribution in [1.29, 1.82) is 0 Å². The summed E-state index contributed by atoms with van der Waals surface area (Å²) in [5, 5.41) is 3.87. The van der Waals surface area contributed by atoms with Crippen molar-refractivity contribution in [2.75, 3.05) is 6.54 Å². The number of aryl methyl sites for hydroxylation is 1. The SMILES string of the molecule is Cc1ccc(-c2cc(C(=O)NCC(C)C)c3cc(Br)ccc3n2)cc1. The lowest BCUT2D eigenvalue weighted by Gasteiger charge is -2.12. The van der Waals surface area contributed by atoms with E-state index in [0.29, 0.717) is 18.0 Å². The molecule has 128 valence electrons. The Bertz CT molecular complexity index is 917. The average molecular weight is 397 g/mol. The van der Waals surface area contributed by atoms with Crippen LogP contribution >= 0.6 is 15.9 Å². The molecule has 3 aromatic rings. The Labute approximate surface area is 156 Å². The Morgan fingerprint density at radius 3 is 2.52 bits per heavy atom. The first-order valence-corrected chi connectivity index (χ1v) is 9.19. The Kier molecular flexibility index (Phi) is 5.19. The number of fused-ring (bicyclic) bond motifs is 1. The first-order chi connectivity index (χ1) is 11.9. The number of carbonyl (C=O) groups is 1. The molecule has 0 saturated heterocycles. The first-order valence-electron chi connectivity index (χ1n) is 8.39. The third kappa shape index (κ3) is 4.07. The molecule has 2 aromatic carbocycles. The molecule has 0 atom stereocenters. The van der Waals surface area contributed by atoms with Gasteiger partial charge in [-0.1, -0.05) is 59.6 Å². The zero-order valence-corrected chi connectivity index (χ0v) is 16.2. The molecule has 1 N–H and O–H groups in total. The van der Waals surface area contributed by atoms with E-state index in [0.717, 1.165) is 26.6 Å². The largest absolute Gasteiger partial charge is 0.352 e. The van der Waals surface area contributed by atoms with Crippen molar-refractivity contribution in [3.8, 4) is 11.3 Å². The summed E-state index contributed by atoms with van der Waals surface area (Å²) >= 11 is 3.49. The summed E-state index contributed by atoms with van der Waals surface area (Å²) in [6, 6.07) is 15.9. The number of nitrogens with one attached hydrogen (secondary N) is 1. The predicted molar refractivity (Wildman–Crippen MR) is 107 cm³/mol. The van der Waals surface area contributed by atoms with Crippen LogP contribution in [0.2, 0.25) is 0 Å². The van der Waals surface area contributed by atoms with Gasteiger partial charge in [-0.05, 0) is 37.1 Å². The van der Waals surface area contributed by atoms with E-state index in [-0.39, 0.29) is 5.91 Å². The maximum atomic E-state index is 12.8. The maximum absolute atomic E-state index is 12.8. The van der Waals surface area contributed by atoms with Gasteiger partial charge in [0.05, 0.1) is 16.8 Å². The van der Waals surface area contributed by atoms with Gasteiger partial charge in [0, 0.05) is 22.0 Å². The van der Waals surface area contributed by atoms with E-state index in [2.05, 4.69) is 54.2 Å². The van der Waals surface area contributed by atoms with Crippen LogP contribution in [0.25, 0.3) is 22.2 Å². The van der Waals surface area contributed by atoms with E-state index in [1.807, 2.05) is 36.4 Å². The standard InChI is InChI=1S/C21H21BrN2O/c1-13(2)12-23-21(25)18-11-20(15-6-4-14(3)5-7-15)24-19-9-8-16(22)10-17(18)19/h4-11,13H,12H2,1-3H3,(H,23,25). The van der Waals surface area contributed by atoms with Gasteiger partial charge in [-0.3, -0.25) is 4.79 Å². The number of nitrogens with zero attached hydrogens (tertiary/aromatic N) is 1. The topological polar surface area (TPSA) is 42.0 Å². The number of rotatable bonds is 4. The van der Waals surface area contributed by atoms with Crippen LogP contribution in [-0.4, -0.2) is 17.4 Å². The number of hydrogen-bond donors (Lipinski definition) is 1. The number of aromatic nitrogens is 1. The second kappa shape index (κ2) is 7.36. The highest BCUT2D eigenvalue weighted by atomic mass is 79.9. The van der Waals surface area contributed by atoms with Gasteiger partial charge in [-0.25, -0.2) is 4.98 Å². The molecule has 0 unspecified atom stereocenters. The zero-order valence-electron chi connectivity index (χ0n) is 14.6. The molecule has 25 heavy (non-hydrogen) atoms. The van der Waals surface area contributed by atoms with Crippen molar-refractivity contribution in [3.63, 3.8) is 0 Å². The van der Waals surface area contributed by atoms with Crippen molar-refractivity contribution in [1.82, 2.24) is 10.3 Å². The van der Waals surface area contributed by atoms with Crippen LogP contribution in [0.4, 0.5) is 0 Å². The molecule has 1 heterocycles. The molecule has 0 radical (unpaired) electrons. The molecule has 1 aromatic heterocycles. The summed E-state index contributed by atoms with van der Waals surface area (Å²) in [7, 11) is 0. The molecule has 3 nitrogen and oxygen atoms in total. The molecule has 4 heteroatoms. The molecule has 0 fully saturated rings. The van der Waals surface area contributed by atoms with Gasteiger partial charge >= 0.3 is 0 Å². The quantitative estimate of drug-likeness (QED) is 0.644. The van der Waals surface area contributed by atoms with Crippen LogP contribution in [0, 0.1) is 12.8 Å². The lowest BCUT2D eigenvalue weighted by Crippen LogP contribution is -2.27. The Balaban J connectivity index is 2.13. The summed E-state index contributed by atoms with van der Waals surface area (Å²) in [5.41, 5.74) is 4.49. The fourth-order valence-corrected chi connectivity index (χ4v) is 3.01. The van der Waals surface area contributed by atoms with Gasteiger partial charge in [0.2, 0.25) is 0 Å². The van der Waals surface area contributed by atoms with Crippen LogP contribution in [0.3, 0.4) is 0 Å². The minimum atomic E-state index is -0.0624. The summed E-state index contributed by atoms with van der Waals surface area (Å²) < 4.78 is 0.933. The van der Waals surface area contributed by atoms with Crippen molar-refractivity contribution in [3.05, 3.63) is 64.1 Å². The van der Waals surface area contributed by atoms with Crippen LogP contribution in [0.1, 0.15) is 29.8 Å². The second-order valence-electron chi connectivity index (χ2n) is 6.69. The fourth-order valence-electron chi connectivity index (χ4n) is 2.65. The van der Waals surface area contributed by atoms with Crippen LogP contribution < -0.4 is 5.32 Å². The van der Waals surface area contributed by atoms with Gasteiger partial charge in [0.15, 0.2) is 0 Å². The molecule has 0 aliphatic rings. The number of pyridine rings is 1. The van der Waals surface area contributed by atoms with Gasteiger partial charge in [0.1, 0.15) is 0 Å². The van der Waals surface area contributed by atoms with E-state index in [4.69, 9.17) is 4.98 Å². The molecule has 0 spiro atoms. The smallest absolute Gasteiger partial charge is 0.252 e. The monoisotopic (exact) mass is 396 g/mol. The van der Waals surface area contributed by atoms with Crippen molar-refractivity contribution >= 4 is 32.7 Å². The zero-order chi connectivity index (χ0) is 18.0. The van der Waals surface area contributed by atoms with E-state index in [9.17, 15) is 4.79 Å². The normalized spacial score (nSPS) is 11.1. The van der Waals surface area contributed by atoms with Crippen molar-refractivity contribution < 1.29 is 4.79 Å². The number of benzene rings is 2. The van der Waals surface area contributed by atoms with Crippen LogP contribution in [0.15, 0.2) is 53.0 Å². The van der Waals surface area contributed by atoms with E-state index in [1.165, 1.54) is 5.56 Å². The lowest BCUT2D eigenvalue weighted by atomic mass is 10.0. The molecule has 0 aliphatic carbocycles. The van der Waals surface area contributed by atoms with E-state index in [1.54, 1.807) is 0 Å². The molecule has 0 bridgehead atoms. The Morgan fingerprint density at radius 1 is 1.12 bits per heavy atom. The molecular formula is C21H21BrN2O. The third-order valence-electron chi connectivity index (χ3n) is 4.03. The summed E-state index contributed by atoms with van der Waals surface area (Å²) in [6.45, 7) is 6.87. The maximum Gasteiger partial charge on any atom is 0.252 e. The minimum absolute atomic E-state index is 0.0624. The number of amides is 1. The molecule has 0 saturated carbocycles. The van der Waals surface area contributed by atoms with Gasteiger partial charge in [-0.15, -0.1) is 0 Å². The van der Waals surface area contributed by atoms with Crippen molar-refractivity contribution in [2.24, 2.45) is 5.92 Å². The predicted octanol–water partition coefficient (Wildman–Crippen LogP) is 5.36. The number of hydrogen-bond acceptors (Lipinski definition) is 2. The van der Waals surface area contributed by atoms with Crippen molar-refractivity contribution in [2.45, 2.75) is 20.8 Å². The highest BCUT2D eigenvalue weighted by Gasteiger charge is 2.14. The van der Waals surface area contributed by atoms with Gasteiger partial charge in [0.25, 0.3) is 5.91 Å². The first kappa shape index (κ1) is 17.6. The Hall–Kier alpha value is -2.20. The summed E-state index contributed by atoms with van der Waals surface area (Å²) in [6.07, 6.45) is 0. The lowest BCUT2D eigenvalue weighted by molar-refractivity contribution is 0.0950. The molecule has 0 aliphatic heterocycles. The highest BCUT2D eigenvalue weighted by Crippen LogP contribution is 2.27. The number of carbonyl (C=O) groups excluding carboxylic acids is 1.